The van der Waals surface area contributed by atoms with Gasteiger partial charge >= 0.3 is 0 Å². The standard InChI is InChI=1S/C21H19BrClN7O2/c1-21(2,3)27-20(32)17-14(7-6-12-8-10-25-29(12)17)26-19(31)15-11-16(22)28-30(15)18-13(23)5-4-9-24-18/h4-11H,1-3H3,(H,26,31)(H,27,32). The van der Waals surface area contributed by atoms with Crippen LogP contribution in [-0.2, 0) is 0 Å². The fourth-order valence-corrected chi connectivity index (χ4v) is 3.68. The summed E-state index contributed by atoms with van der Waals surface area (Å²) in [6.45, 7) is 5.62. The number of amides is 2. The molecule has 0 unspecified atom stereocenters. The van der Waals surface area contributed by atoms with E-state index in [1.165, 1.54) is 9.20 Å². The smallest absolute Gasteiger partial charge is 0.274 e. The number of pyridine rings is 2. The van der Waals surface area contributed by atoms with Crippen molar-refractivity contribution >= 4 is 50.5 Å². The molecule has 2 amide bonds. The fraction of sp³-hybridized carbons (Fsp3) is 0.190. The molecule has 0 saturated heterocycles. The molecular formula is C21H19BrClN7O2. The van der Waals surface area contributed by atoms with Crippen LogP contribution in [0.4, 0.5) is 5.69 Å². The predicted octanol–water partition coefficient (Wildman–Crippen LogP) is 4.11. The van der Waals surface area contributed by atoms with Crippen LogP contribution in [0, 0.1) is 0 Å². The van der Waals surface area contributed by atoms with Crippen molar-refractivity contribution in [3.05, 3.63) is 69.8 Å². The number of anilines is 1. The summed E-state index contributed by atoms with van der Waals surface area (Å²) >= 11 is 9.55. The summed E-state index contributed by atoms with van der Waals surface area (Å²) in [5.74, 6) is -0.566. The van der Waals surface area contributed by atoms with Gasteiger partial charge in [0.25, 0.3) is 11.8 Å². The molecule has 0 aliphatic carbocycles. The lowest BCUT2D eigenvalue weighted by atomic mass is 10.1. The van der Waals surface area contributed by atoms with Crippen LogP contribution in [0.3, 0.4) is 0 Å². The first kappa shape index (κ1) is 22.0. The largest absolute Gasteiger partial charge is 0.346 e. The van der Waals surface area contributed by atoms with Gasteiger partial charge in [0, 0.05) is 17.8 Å². The van der Waals surface area contributed by atoms with Crippen LogP contribution in [0.5, 0.6) is 0 Å². The Labute approximate surface area is 196 Å². The number of rotatable bonds is 4. The van der Waals surface area contributed by atoms with Gasteiger partial charge in [-0.3, -0.25) is 9.59 Å². The number of nitrogens with zero attached hydrogens (tertiary/aromatic N) is 5. The minimum absolute atomic E-state index is 0.181. The molecule has 0 radical (unpaired) electrons. The molecule has 0 saturated carbocycles. The number of halogens is 2. The van der Waals surface area contributed by atoms with Crippen molar-refractivity contribution < 1.29 is 9.59 Å². The van der Waals surface area contributed by atoms with E-state index < -0.39 is 11.4 Å². The van der Waals surface area contributed by atoms with Gasteiger partial charge in [0.05, 0.1) is 22.4 Å². The molecule has 164 valence electrons. The van der Waals surface area contributed by atoms with Gasteiger partial charge in [0.1, 0.15) is 10.3 Å². The number of carbonyl (C=O) groups is 2. The highest BCUT2D eigenvalue weighted by Gasteiger charge is 2.24. The molecule has 4 aromatic rings. The summed E-state index contributed by atoms with van der Waals surface area (Å²) in [5, 5.41) is 14.6. The maximum atomic E-state index is 13.2. The van der Waals surface area contributed by atoms with Gasteiger partial charge in [0.15, 0.2) is 11.5 Å². The van der Waals surface area contributed by atoms with Gasteiger partial charge in [-0.1, -0.05) is 11.6 Å². The van der Waals surface area contributed by atoms with Gasteiger partial charge in [-0.15, -0.1) is 0 Å². The minimum Gasteiger partial charge on any atom is -0.346 e. The van der Waals surface area contributed by atoms with E-state index in [1.807, 2.05) is 20.8 Å². The van der Waals surface area contributed by atoms with Crippen LogP contribution in [0.1, 0.15) is 41.7 Å². The normalized spacial score (nSPS) is 11.5. The second kappa shape index (κ2) is 8.36. The highest BCUT2D eigenvalue weighted by molar-refractivity contribution is 9.10. The minimum atomic E-state index is -0.499. The van der Waals surface area contributed by atoms with E-state index in [-0.39, 0.29) is 17.3 Å². The second-order valence-electron chi connectivity index (χ2n) is 7.99. The zero-order chi connectivity index (χ0) is 23.0. The van der Waals surface area contributed by atoms with Crippen molar-refractivity contribution in [2.24, 2.45) is 0 Å². The lowest BCUT2D eigenvalue weighted by molar-refractivity contribution is 0.0913. The molecular weight excluding hydrogens is 498 g/mol. The zero-order valence-corrected chi connectivity index (χ0v) is 19.8. The third-order valence-corrected chi connectivity index (χ3v) is 5.05. The van der Waals surface area contributed by atoms with Crippen molar-refractivity contribution in [1.82, 2.24) is 29.7 Å². The average Bonchev–Trinajstić information content (AvgIpc) is 3.33. The molecule has 32 heavy (non-hydrogen) atoms. The third kappa shape index (κ3) is 4.37. The van der Waals surface area contributed by atoms with Crippen molar-refractivity contribution in [3.63, 3.8) is 0 Å². The highest BCUT2D eigenvalue weighted by atomic mass is 79.9. The Bertz CT molecular complexity index is 1340. The topological polar surface area (TPSA) is 106 Å². The molecule has 0 aliphatic heterocycles. The number of hydrogen-bond acceptors (Lipinski definition) is 5. The maximum absolute atomic E-state index is 13.2. The lowest BCUT2D eigenvalue weighted by Crippen LogP contribution is -2.41. The van der Waals surface area contributed by atoms with E-state index in [4.69, 9.17) is 11.6 Å². The van der Waals surface area contributed by atoms with Crippen LogP contribution in [-0.4, -0.2) is 41.7 Å². The molecule has 0 atom stereocenters. The summed E-state index contributed by atoms with van der Waals surface area (Å²) in [7, 11) is 0. The first-order chi connectivity index (χ1) is 15.1. The summed E-state index contributed by atoms with van der Waals surface area (Å²) in [4.78, 5) is 30.5. The van der Waals surface area contributed by atoms with Crippen molar-refractivity contribution in [2.75, 3.05) is 5.32 Å². The molecule has 4 heterocycles. The summed E-state index contributed by atoms with van der Waals surface area (Å²) in [5.41, 5.74) is 0.920. The van der Waals surface area contributed by atoms with Crippen molar-refractivity contribution in [1.29, 1.82) is 0 Å². The molecule has 2 N–H and O–H groups in total. The average molecular weight is 517 g/mol. The van der Waals surface area contributed by atoms with Crippen LogP contribution < -0.4 is 10.6 Å². The predicted molar refractivity (Wildman–Crippen MR) is 124 cm³/mol. The van der Waals surface area contributed by atoms with Gasteiger partial charge in [-0.05, 0) is 67.0 Å². The van der Waals surface area contributed by atoms with E-state index >= 15 is 0 Å². The first-order valence-corrected chi connectivity index (χ1v) is 10.8. The SMILES string of the molecule is CC(C)(C)NC(=O)c1c(NC(=O)c2cc(Br)nn2-c2ncccc2Cl)ccc2ccnn12. The molecule has 9 nitrogen and oxygen atoms in total. The molecule has 11 heteroatoms. The molecule has 4 aromatic heterocycles. The monoisotopic (exact) mass is 515 g/mol. The van der Waals surface area contributed by atoms with E-state index in [9.17, 15) is 9.59 Å². The maximum Gasteiger partial charge on any atom is 0.274 e. The van der Waals surface area contributed by atoms with Crippen LogP contribution >= 0.6 is 27.5 Å². The van der Waals surface area contributed by atoms with E-state index in [2.05, 4.69) is 41.7 Å². The van der Waals surface area contributed by atoms with Crippen molar-refractivity contribution in [3.8, 4) is 5.82 Å². The number of carbonyl (C=O) groups excluding carboxylic acids is 2. The third-order valence-electron chi connectivity index (χ3n) is 4.36. The van der Waals surface area contributed by atoms with Gasteiger partial charge < -0.3 is 10.6 Å². The Morgan fingerprint density at radius 2 is 1.88 bits per heavy atom. The van der Waals surface area contributed by atoms with Crippen molar-refractivity contribution in [2.45, 2.75) is 26.3 Å². The molecule has 0 bridgehead atoms. The van der Waals surface area contributed by atoms with Gasteiger partial charge in [-0.2, -0.15) is 10.2 Å². The Balaban J connectivity index is 1.75. The first-order valence-electron chi connectivity index (χ1n) is 9.61. The van der Waals surface area contributed by atoms with E-state index in [0.29, 0.717) is 21.1 Å². The van der Waals surface area contributed by atoms with E-state index in [0.717, 1.165) is 5.52 Å². The zero-order valence-electron chi connectivity index (χ0n) is 17.4. The second-order valence-corrected chi connectivity index (χ2v) is 9.21. The number of fused-ring (bicyclic) bond motifs is 1. The Morgan fingerprint density at radius 1 is 1.09 bits per heavy atom. The lowest BCUT2D eigenvalue weighted by Gasteiger charge is -2.22. The summed E-state index contributed by atoms with van der Waals surface area (Å²) in [6, 6.07) is 10.1. The Hall–Kier alpha value is -3.24. The van der Waals surface area contributed by atoms with Gasteiger partial charge in [0.2, 0.25) is 0 Å². The van der Waals surface area contributed by atoms with Gasteiger partial charge in [-0.25, -0.2) is 14.2 Å². The molecule has 0 fully saturated rings. The molecule has 0 aromatic carbocycles. The number of nitrogens with one attached hydrogen (secondary N) is 2. The molecule has 0 aliphatic rings. The Morgan fingerprint density at radius 3 is 2.59 bits per heavy atom. The molecule has 0 spiro atoms. The number of hydrogen-bond donors (Lipinski definition) is 2. The quantitative estimate of drug-likeness (QED) is 0.425. The molecule has 4 rings (SSSR count). The summed E-state index contributed by atoms with van der Waals surface area (Å²) < 4.78 is 3.25. The number of aromatic nitrogens is 5. The van der Waals surface area contributed by atoms with Crippen LogP contribution in [0.25, 0.3) is 11.3 Å². The van der Waals surface area contributed by atoms with E-state index in [1.54, 1.807) is 48.8 Å². The Kier molecular flexibility index (Phi) is 5.74. The van der Waals surface area contributed by atoms with Crippen LogP contribution in [0.15, 0.2) is 53.4 Å². The van der Waals surface area contributed by atoms with Crippen LogP contribution in [0.2, 0.25) is 5.02 Å². The highest BCUT2D eigenvalue weighted by Crippen LogP contribution is 2.24. The summed E-state index contributed by atoms with van der Waals surface area (Å²) in [6.07, 6.45) is 3.14. The fourth-order valence-electron chi connectivity index (χ4n) is 3.10.